The molecule has 1 fully saturated rings. The molecule has 0 spiro atoms. The van der Waals surface area contributed by atoms with Crippen LogP contribution < -0.4 is 4.90 Å². The Hall–Kier alpha value is -3.25. The lowest BCUT2D eigenvalue weighted by Gasteiger charge is -2.33. The van der Waals surface area contributed by atoms with Crippen molar-refractivity contribution in [2.24, 2.45) is 11.0 Å². The molecule has 4 heterocycles. The van der Waals surface area contributed by atoms with Gasteiger partial charge in [-0.1, -0.05) is 19.6 Å². The predicted molar refractivity (Wildman–Crippen MR) is 143 cm³/mol. The highest BCUT2D eigenvalue weighted by Crippen LogP contribution is 2.33. The summed E-state index contributed by atoms with van der Waals surface area (Å²) in [6.07, 6.45) is 6.76. The van der Waals surface area contributed by atoms with Gasteiger partial charge in [0, 0.05) is 52.4 Å². The largest absolute Gasteiger partial charge is 0.361 e. The van der Waals surface area contributed by atoms with Crippen molar-refractivity contribution in [1.82, 2.24) is 24.5 Å². The van der Waals surface area contributed by atoms with Crippen molar-refractivity contribution in [2.75, 3.05) is 24.6 Å². The molecule has 1 atom stereocenters. The molecule has 3 aromatic rings. The molecule has 2 aliphatic rings. The molecule has 5 rings (SSSR count). The van der Waals surface area contributed by atoms with Gasteiger partial charge in [-0.15, -0.1) is 0 Å². The Balaban J connectivity index is 1.18. The van der Waals surface area contributed by atoms with Crippen LogP contribution in [-0.4, -0.2) is 64.4 Å². The number of aromatic nitrogens is 4. The summed E-state index contributed by atoms with van der Waals surface area (Å²) in [5, 5.41) is 5.62. The van der Waals surface area contributed by atoms with Gasteiger partial charge in [-0.2, -0.15) is 10.1 Å². The highest BCUT2D eigenvalue weighted by Gasteiger charge is 2.35. The van der Waals surface area contributed by atoms with E-state index >= 15 is 0 Å². The lowest BCUT2D eigenvalue weighted by Crippen LogP contribution is -2.41. The third-order valence-electron chi connectivity index (χ3n) is 7.05. The number of hydrazone groups is 1. The number of halogens is 2. The number of piperidine rings is 1. The summed E-state index contributed by atoms with van der Waals surface area (Å²) in [6.45, 7) is 9.33. The number of nitrogens with zero attached hydrogens (tertiary/aromatic N) is 7. The number of imidazole rings is 1. The van der Waals surface area contributed by atoms with Crippen LogP contribution in [0, 0.1) is 17.6 Å². The molecule has 0 N–H and O–H groups in total. The number of fused-ring (bicyclic) bond motifs is 1. The van der Waals surface area contributed by atoms with E-state index in [0.29, 0.717) is 56.2 Å². The van der Waals surface area contributed by atoms with Crippen molar-refractivity contribution in [3.8, 4) is 0 Å². The van der Waals surface area contributed by atoms with Crippen LogP contribution in [0.25, 0.3) is 11.2 Å². The molecule has 1 saturated heterocycles. The summed E-state index contributed by atoms with van der Waals surface area (Å²) in [5.74, 6) is -1.11. The summed E-state index contributed by atoms with van der Waals surface area (Å²) >= 11 is 0. The van der Waals surface area contributed by atoms with Gasteiger partial charge in [0.1, 0.15) is 23.9 Å². The number of benzene rings is 1. The van der Waals surface area contributed by atoms with Crippen LogP contribution in [0.15, 0.2) is 35.8 Å². The molecule has 0 bridgehead atoms. The fourth-order valence-corrected chi connectivity index (χ4v) is 5.58. The van der Waals surface area contributed by atoms with Gasteiger partial charge >= 0.3 is 0 Å². The maximum Gasteiger partial charge on any atom is 0.246 e. The Morgan fingerprint density at radius 2 is 1.84 bits per heavy atom. The lowest BCUT2D eigenvalue weighted by atomic mass is 9.94. The standard InChI is InChI=1S/C26H33F2N7O2Si/c1-38(2,3)11-10-37-17-34-16-30-24-23(34)15-29-26(32-24)33-8-5-18(6-9-33)25(36)35-22(4-7-31-35)19-12-20(27)14-21(28)13-19/h7,12-16,18,22H,4-6,8-11,17H2,1-3H3/t22-/m0/s1. The van der Waals surface area contributed by atoms with Crippen molar-refractivity contribution in [3.63, 3.8) is 0 Å². The molecule has 0 radical (unpaired) electrons. The van der Waals surface area contributed by atoms with Crippen LogP contribution in [0.4, 0.5) is 14.7 Å². The summed E-state index contributed by atoms with van der Waals surface area (Å²) in [7, 11) is -1.14. The summed E-state index contributed by atoms with van der Waals surface area (Å²) < 4.78 is 35.3. The molecule has 9 nitrogen and oxygen atoms in total. The molecule has 12 heteroatoms. The fourth-order valence-electron chi connectivity index (χ4n) is 4.82. The number of amides is 1. The van der Waals surface area contributed by atoms with E-state index in [1.54, 1.807) is 18.7 Å². The van der Waals surface area contributed by atoms with E-state index in [9.17, 15) is 13.6 Å². The number of rotatable bonds is 8. The quantitative estimate of drug-likeness (QED) is 0.306. The number of anilines is 1. The average Bonchev–Trinajstić information content (AvgIpc) is 3.52. The second-order valence-electron chi connectivity index (χ2n) is 11.1. The van der Waals surface area contributed by atoms with Gasteiger partial charge in [-0.25, -0.2) is 23.8 Å². The van der Waals surface area contributed by atoms with Crippen LogP contribution in [0.1, 0.15) is 30.9 Å². The van der Waals surface area contributed by atoms with Gasteiger partial charge in [0.15, 0.2) is 5.65 Å². The van der Waals surface area contributed by atoms with Gasteiger partial charge < -0.3 is 14.2 Å². The van der Waals surface area contributed by atoms with Crippen molar-refractivity contribution < 1.29 is 18.3 Å². The van der Waals surface area contributed by atoms with Crippen LogP contribution in [0.2, 0.25) is 25.7 Å². The second kappa shape index (κ2) is 10.9. The van der Waals surface area contributed by atoms with Crippen LogP contribution in [0.5, 0.6) is 0 Å². The van der Waals surface area contributed by atoms with Crippen molar-refractivity contribution in [2.45, 2.75) is 57.7 Å². The molecule has 2 aromatic heterocycles. The molecular weight excluding hydrogens is 508 g/mol. The Bertz CT molecular complexity index is 1310. The van der Waals surface area contributed by atoms with Crippen LogP contribution in [0.3, 0.4) is 0 Å². The Kier molecular flexibility index (Phi) is 7.53. The summed E-state index contributed by atoms with van der Waals surface area (Å²) in [6, 6.07) is 3.96. The second-order valence-corrected chi connectivity index (χ2v) is 16.8. The van der Waals surface area contributed by atoms with E-state index in [-0.39, 0.29) is 11.8 Å². The van der Waals surface area contributed by atoms with Crippen molar-refractivity contribution in [3.05, 3.63) is 47.9 Å². The number of ether oxygens (including phenoxy) is 1. The normalized spacial score (nSPS) is 18.6. The summed E-state index contributed by atoms with van der Waals surface area (Å²) in [4.78, 5) is 29.0. The Morgan fingerprint density at radius 3 is 2.55 bits per heavy atom. The third-order valence-corrected chi connectivity index (χ3v) is 8.75. The van der Waals surface area contributed by atoms with E-state index in [2.05, 4.69) is 44.6 Å². The van der Waals surface area contributed by atoms with Crippen molar-refractivity contribution >= 4 is 37.3 Å². The zero-order chi connectivity index (χ0) is 26.9. The SMILES string of the molecule is C[Si](C)(C)CCOCn1cnc2nc(N3CCC(C(=O)N4N=CC[C@H]4c4cc(F)cc(F)c4)CC3)ncc21. The first-order valence-electron chi connectivity index (χ1n) is 13.0. The van der Waals surface area contributed by atoms with E-state index in [1.807, 2.05) is 4.57 Å². The smallest absolute Gasteiger partial charge is 0.246 e. The molecular formula is C26H33F2N7O2Si. The van der Waals surface area contributed by atoms with Crippen LogP contribution >= 0.6 is 0 Å². The van der Waals surface area contributed by atoms with Crippen molar-refractivity contribution in [1.29, 1.82) is 0 Å². The molecule has 0 saturated carbocycles. The van der Waals surface area contributed by atoms with E-state index in [1.165, 1.54) is 17.1 Å². The van der Waals surface area contributed by atoms with Gasteiger partial charge in [-0.3, -0.25) is 4.79 Å². The molecule has 0 unspecified atom stereocenters. The highest BCUT2D eigenvalue weighted by atomic mass is 28.3. The van der Waals surface area contributed by atoms with Gasteiger partial charge in [0.2, 0.25) is 11.9 Å². The molecule has 1 amide bonds. The number of carbonyl (C=O) groups is 1. The minimum atomic E-state index is -1.14. The number of hydrogen-bond donors (Lipinski definition) is 0. The minimum Gasteiger partial charge on any atom is -0.361 e. The molecule has 2 aliphatic heterocycles. The monoisotopic (exact) mass is 541 g/mol. The topological polar surface area (TPSA) is 88.7 Å². The number of hydrogen-bond acceptors (Lipinski definition) is 7. The predicted octanol–water partition coefficient (Wildman–Crippen LogP) is 4.59. The van der Waals surface area contributed by atoms with E-state index in [4.69, 9.17) is 4.74 Å². The zero-order valence-electron chi connectivity index (χ0n) is 22.0. The highest BCUT2D eigenvalue weighted by molar-refractivity contribution is 6.76. The third kappa shape index (κ3) is 5.91. The first kappa shape index (κ1) is 26.4. The first-order chi connectivity index (χ1) is 18.2. The molecule has 0 aliphatic carbocycles. The lowest BCUT2D eigenvalue weighted by molar-refractivity contribution is -0.138. The van der Waals surface area contributed by atoms with Gasteiger partial charge in [0.05, 0.1) is 18.6 Å². The summed E-state index contributed by atoms with van der Waals surface area (Å²) in [5.41, 5.74) is 1.84. The molecule has 202 valence electrons. The fraction of sp³-hybridized carbons (Fsp3) is 0.500. The maximum atomic E-state index is 13.8. The average molecular weight is 542 g/mol. The Morgan fingerprint density at radius 1 is 1.11 bits per heavy atom. The minimum absolute atomic E-state index is 0.127. The Labute approximate surface area is 221 Å². The molecule has 1 aromatic carbocycles. The van der Waals surface area contributed by atoms with Gasteiger partial charge in [-0.05, 0) is 36.6 Å². The van der Waals surface area contributed by atoms with E-state index < -0.39 is 25.8 Å². The maximum absolute atomic E-state index is 13.8. The van der Waals surface area contributed by atoms with Gasteiger partial charge in [0.25, 0.3) is 0 Å². The number of carbonyl (C=O) groups excluding carboxylic acids is 1. The van der Waals surface area contributed by atoms with E-state index in [0.717, 1.165) is 24.2 Å². The first-order valence-corrected chi connectivity index (χ1v) is 16.7. The molecule has 38 heavy (non-hydrogen) atoms. The van der Waals surface area contributed by atoms with Crippen LogP contribution in [-0.2, 0) is 16.3 Å². The zero-order valence-corrected chi connectivity index (χ0v) is 23.0.